The van der Waals surface area contributed by atoms with Gasteiger partial charge in [0.05, 0.1) is 0 Å². The van der Waals surface area contributed by atoms with Gasteiger partial charge in [-0.1, -0.05) is 38.8 Å². The number of rotatable bonds is 5. The summed E-state index contributed by atoms with van der Waals surface area (Å²) in [6, 6.07) is 8.70. The fourth-order valence-electron chi connectivity index (χ4n) is 2.08. The van der Waals surface area contributed by atoms with Gasteiger partial charge in [0.25, 0.3) is 0 Å². The Balaban J connectivity index is 2.90. The Hall–Kier alpha value is -1.02. The zero-order chi connectivity index (χ0) is 12.1. The molecule has 0 amide bonds. The van der Waals surface area contributed by atoms with E-state index in [0.29, 0.717) is 5.92 Å². The molecule has 1 rings (SSSR count). The standard InChI is InChI=1S/C14H24N2/c1-5-11(6-2)14(15)12-8-7-9-13(10-12)16(3)4/h7-11,14H,5-6,15H2,1-4H3. The first-order valence-corrected chi connectivity index (χ1v) is 6.13. The lowest BCUT2D eigenvalue weighted by Gasteiger charge is -2.23. The second-order valence-electron chi connectivity index (χ2n) is 4.59. The van der Waals surface area contributed by atoms with Gasteiger partial charge in [-0.2, -0.15) is 0 Å². The molecule has 0 aromatic heterocycles. The highest BCUT2D eigenvalue weighted by Crippen LogP contribution is 2.27. The van der Waals surface area contributed by atoms with E-state index in [4.69, 9.17) is 5.73 Å². The van der Waals surface area contributed by atoms with Gasteiger partial charge < -0.3 is 10.6 Å². The van der Waals surface area contributed by atoms with Crippen molar-refractivity contribution in [2.75, 3.05) is 19.0 Å². The van der Waals surface area contributed by atoms with Gasteiger partial charge >= 0.3 is 0 Å². The minimum Gasteiger partial charge on any atom is -0.378 e. The highest BCUT2D eigenvalue weighted by Gasteiger charge is 2.16. The van der Waals surface area contributed by atoms with Crippen molar-refractivity contribution in [2.45, 2.75) is 32.7 Å². The molecule has 2 N–H and O–H groups in total. The number of anilines is 1. The molecule has 2 heteroatoms. The average molecular weight is 220 g/mol. The molecular weight excluding hydrogens is 196 g/mol. The van der Waals surface area contributed by atoms with Crippen molar-refractivity contribution < 1.29 is 0 Å². The molecule has 0 aliphatic carbocycles. The lowest BCUT2D eigenvalue weighted by atomic mass is 9.89. The summed E-state index contributed by atoms with van der Waals surface area (Å²) in [6.45, 7) is 4.42. The fourth-order valence-corrected chi connectivity index (χ4v) is 2.08. The first-order chi connectivity index (χ1) is 7.60. The Kier molecular flexibility index (Phi) is 4.81. The van der Waals surface area contributed by atoms with Crippen LogP contribution in [0.2, 0.25) is 0 Å². The van der Waals surface area contributed by atoms with Crippen molar-refractivity contribution >= 4 is 5.69 Å². The lowest BCUT2D eigenvalue weighted by molar-refractivity contribution is 0.405. The first kappa shape index (κ1) is 13.0. The molecule has 90 valence electrons. The average Bonchev–Trinajstić information content (AvgIpc) is 2.30. The summed E-state index contributed by atoms with van der Waals surface area (Å²) < 4.78 is 0. The molecule has 0 radical (unpaired) electrons. The van der Waals surface area contributed by atoms with Gasteiger partial charge in [0, 0.05) is 25.8 Å². The van der Waals surface area contributed by atoms with Gasteiger partial charge in [-0.15, -0.1) is 0 Å². The zero-order valence-corrected chi connectivity index (χ0v) is 10.9. The van der Waals surface area contributed by atoms with Crippen LogP contribution in [0.25, 0.3) is 0 Å². The van der Waals surface area contributed by atoms with E-state index in [1.807, 2.05) is 0 Å². The molecule has 0 aliphatic heterocycles. The molecule has 1 aromatic carbocycles. The molecule has 2 nitrogen and oxygen atoms in total. The Morgan fingerprint density at radius 2 is 1.81 bits per heavy atom. The highest BCUT2D eigenvalue weighted by molar-refractivity contribution is 5.47. The molecule has 0 fully saturated rings. The minimum absolute atomic E-state index is 0.162. The maximum atomic E-state index is 6.31. The molecule has 1 atom stereocenters. The molecular formula is C14H24N2. The van der Waals surface area contributed by atoms with Crippen molar-refractivity contribution in [1.82, 2.24) is 0 Å². The summed E-state index contributed by atoms with van der Waals surface area (Å²) >= 11 is 0. The number of nitrogens with two attached hydrogens (primary N) is 1. The van der Waals surface area contributed by atoms with E-state index in [0.717, 1.165) is 12.8 Å². The number of hydrogen-bond donors (Lipinski definition) is 1. The van der Waals surface area contributed by atoms with E-state index in [1.165, 1.54) is 11.3 Å². The maximum absolute atomic E-state index is 6.31. The van der Waals surface area contributed by atoms with Gasteiger partial charge in [-0.05, 0) is 23.6 Å². The summed E-state index contributed by atoms with van der Waals surface area (Å²) in [6.07, 6.45) is 2.29. The molecule has 0 saturated carbocycles. The van der Waals surface area contributed by atoms with E-state index < -0.39 is 0 Å². The topological polar surface area (TPSA) is 29.3 Å². The SMILES string of the molecule is CCC(CC)C(N)c1cccc(N(C)C)c1. The van der Waals surface area contributed by atoms with Crippen LogP contribution in [0.1, 0.15) is 38.3 Å². The van der Waals surface area contributed by atoms with Gasteiger partial charge in [-0.25, -0.2) is 0 Å². The maximum Gasteiger partial charge on any atom is 0.0364 e. The third-order valence-corrected chi connectivity index (χ3v) is 3.33. The van der Waals surface area contributed by atoms with Crippen LogP contribution in [-0.4, -0.2) is 14.1 Å². The molecule has 1 aromatic rings. The largest absolute Gasteiger partial charge is 0.378 e. The Morgan fingerprint density at radius 3 is 2.31 bits per heavy atom. The number of hydrogen-bond acceptors (Lipinski definition) is 2. The van der Waals surface area contributed by atoms with Crippen molar-refractivity contribution in [3.8, 4) is 0 Å². The van der Waals surface area contributed by atoms with Crippen molar-refractivity contribution in [3.63, 3.8) is 0 Å². The van der Waals surface area contributed by atoms with Crippen molar-refractivity contribution in [2.24, 2.45) is 11.7 Å². The Bertz CT molecular complexity index is 316. The highest BCUT2D eigenvalue weighted by atomic mass is 15.1. The van der Waals surface area contributed by atoms with Crippen molar-refractivity contribution in [3.05, 3.63) is 29.8 Å². The fraction of sp³-hybridized carbons (Fsp3) is 0.571. The van der Waals surface area contributed by atoms with Gasteiger partial charge in [-0.3, -0.25) is 0 Å². The van der Waals surface area contributed by atoms with Gasteiger partial charge in [0.15, 0.2) is 0 Å². The van der Waals surface area contributed by atoms with Crippen LogP contribution < -0.4 is 10.6 Å². The quantitative estimate of drug-likeness (QED) is 0.825. The number of nitrogens with zero attached hydrogens (tertiary/aromatic N) is 1. The number of benzene rings is 1. The third kappa shape index (κ3) is 2.99. The normalized spacial score (nSPS) is 12.9. The van der Waals surface area contributed by atoms with E-state index in [2.05, 4.69) is 57.1 Å². The molecule has 16 heavy (non-hydrogen) atoms. The second-order valence-corrected chi connectivity index (χ2v) is 4.59. The smallest absolute Gasteiger partial charge is 0.0364 e. The molecule has 0 heterocycles. The van der Waals surface area contributed by atoms with E-state index in [9.17, 15) is 0 Å². The van der Waals surface area contributed by atoms with Crippen LogP contribution in [0, 0.1) is 5.92 Å². The second kappa shape index (κ2) is 5.90. The minimum atomic E-state index is 0.162. The van der Waals surface area contributed by atoms with Gasteiger partial charge in [0.1, 0.15) is 0 Å². The summed E-state index contributed by atoms with van der Waals surface area (Å²) in [5.74, 6) is 0.581. The molecule has 0 spiro atoms. The third-order valence-electron chi connectivity index (χ3n) is 3.33. The lowest BCUT2D eigenvalue weighted by Crippen LogP contribution is -2.21. The van der Waals surface area contributed by atoms with E-state index in [-0.39, 0.29) is 6.04 Å². The van der Waals surface area contributed by atoms with E-state index >= 15 is 0 Å². The molecule has 0 bridgehead atoms. The molecule has 0 aliphatic rings. The first-order valence-electron chi connectivity index (χ1n) is 6.13. The van der Waals surface area contributed by atoms with Crippen LogP contribution in [0.4, 0.5) is 5.69 Å². The van der Waals surface area contributed by atoms with Crippen LogP contribution in [0.15, 0.2) is 24.3 Å². The predicted molar refractivity (Wildman–Crippen MR) is 71.8 cm³/mol. The Morgan fingerprint density at radius 1 is 1.19 bits per heavy atom. The van der Waals surface area contributed by atoms with Crippen LogP contribution in [0.3, 0.4) is 0 Å². The van der Waals surface area contributed by atoms with Crippen molar-refractivity contribution in [1.29, 1.82) is 0 Å². The van der Waals surface area contributed by atoms with Crippen LogP contribution >= 0.6 is 0 Å². The molecule has 0 saturated heterocycles. The summed E-state index contributed by atoms with van der Waals surface area (Å²) in [5.41, 5.74) is 8.78. The zero-order valence-electron chi connectivity index (χ0n) is 10.9. The van der Waals surface area contributed by atoms with Gasteiger partial charge in [0.2, 0.25) is 0 Å². The summed E-state index contributed by atoms with van der Waals surface area (Å²) in [7, 11) is 4.11. The van der Waals surface area contributed by atoms with E-state index in [1.54, 1.807) is 0 Å². The van der Waals surface area contributed by atoms with Crippen LogP contribution in [0.5, 0.6) is 0 Å². The summed E-state index contributed by atoms with van der Waals surface area (Å²) in [4.78, 5) is 2.11. The molecule has 1 unspecified atom stereocenters. The summed E-state index contributed by atoms with van der Waals surface area (Å²) in [5, 5.41) is 0. The Labute approximate surface area is 99.5 Å². The monoisotopic (exact) mass is 220 g/mol. The van der Waals surface area contributed by atoms with Crippen LogP contribution in [-0.2, 0) is 0 Å². The predicted octanol–water partition coefficient (Wildman–Crippen LogP) is 3.19.